The number of amides is 1. The Kier molecular flexibility index (Phi) is 5.48. The van der Waals surface area contributed by atoms with E-state index in [-0.39, 0.29) is 12.3 Å². The number of fused-ring (bicyclic) bond motifs is 1. The van der Waals surface area contributed by atoms with Crippen LogP contribution in [0.2, 0.25) is 5.02 Å². The second-order valence-electron chi connectivity index (χ2n) is 6.19. The lowest BCUT2D eigenvalue weighted by atomic mass is 10.1. The number of rotatable bonds is 5. The van der Waals surface area contributed by atoms with Crippen LogP contribution in [0.3, 0.4) is 0 Å². The summed E-state index contributed by atoms with van der Waals surface area (Å²) in [6.45, 7) is 3.77. The molecule has 29 heavy (non-hydrogen) atoms. The molecule has 0 spiro atoms. The number of nitrogens with one attached hydrogen (secondary N) is 1. The Balaban J connectivity index is 1.54. The van der Waals surface area contributed by atoms with Crippen molar-refractivity contribution in [3.8, 4) is 10.6 Å². The summed E-state index contributed by atoms with van der Waals surface area (Å²) in [6.07, 6.45) is 2.06. The molecule has 0 bridgehead atoms. The summed E-state index contributed by atoms with van der Waals surface area (Å²) in [7, 11) is 0. The number of anilines is 1. The van der Waals surface area contributed by atoms with Gasteiger partial charge in [-0.05, 0) is 26.2 Å². The van der Waals surface area contributed by atoms with Gasteiger partial charge < -0.3 is 5.32 Å². The topological polar surface area (TPSA) is 98.0 Å². The quantitative estimate of drug-likeness (QED) is 0.466. The zero-order chi connectivity index (χ0) is 20.5. The van der Waals surface area contributed by atoms with Gasteiger partial charge in [-0.3, -0.25) is 4.79 Å². The number of aromatic nitrogens is 6. The number of hydrogen-bond acceptors (Lipinski definition) is 8. The Hall–Kier alpha value is -2.56. The van der Waals surface area contributed by atoms with E-state index in [1.807, 2.05) is 38.3 Å². The number of nitrogens with zero attached hydrogens (tertiary/aromatic N) is 6. The molecule has 0 unspecified atom stereocenters. The zero-order valence-corrected chi connectivity index (χ0v) is 18.2. The van der Waals surface area contributed by atoms with Gasteiger partial charge in [-0.2, -0.15) is 4.98 Å². The highest BCUT2D eigenvalue weighted by Gasteiger charge is 2.17. The first-order valence-corrected chi connectivity index (χ1v) is 11.0. The van der Waals surface area contributed by atoms with E-state index in [0.29, 0.717) is 26.1 Å². The minimum Gasteiger partial charge on any atom is -0.300 e. The van der Waals surface area contributed by atoms with Crippen LogP contribution < -0.4 is 5.32 Å². The summed E-state index contributed by atoms with van der Waals surface area (Å²) in [5, 5.41) is 17.7. The van der Waals surface area contributed by atoms with Crippen molar-refractivity contribution in [3.05, 3.63) is 46.2 Å². The van der Waals surface area contributed by atoms with Crippen molar-refractivity contribution in [2.45, 2.75) is 25.4 Å². The number of thioether (sulfide) groups is 1. The van der Waals surface area contributed by atoms with Gasteiger partial charge in [0.2, 0.25) is 16.2 Å². The van der Waals surface area contributed by atoms with Crippen molar-refractivity contribution in [1.29, 1.82) is 0 Å². The maximum Gasteiger partial charge on any atom is 0.253 e. The molecule has 3 heterocycles. The molecule has 0 fully saturated rings. The van der Waals surface area contributed by atoms with E-state index in [9.17, 15) is 4.79 Å². The number of carbonyl (C=O) groups excluding carboxylic acids is 1. The third kappa shape index (κ3) is 3.96. The van der Waals surface area contributed by atoms with Crippen molar-refractivity contribution < 1.29 is 4.79 Å². The minimum absolute atomic E-state index is 0.149. The fraction of sp³-hybridized carbons (Fsp3) is 0.222. The molecule has 0 atom stereocenters. The Labute approximate surface area is 179 Å². The average molecular weight is 446 g/mol. The number of hydrogen-bond donors (Lipinski definition) is 1. The molecule has 0 saturated heterocycles. The minimum atomic E-state index is -0.204. The van der Waals surface area contributed by atoms with Gasteiger partial charge in [0.15, 0.2) is 5.01 Å². The molecule has 4 aromatic rings. The predicted octanol–water partition coefficient (Wildman–Crippen LogP) is 3.82. The van der Waals surface area contributed by atoms with Crippen LogP contribution in [0.25, 0.3) is 16.3 Å². The molecule has 8 nitrogen and oxygen atoms in total. The highest BCUT2D eigenvalue weighted by Crippen LogP contribution is 2.31. The smallest absolute Gasteiger partial charge is 0.253 e. The molecule has 0 aliphatic carbocycles. The van der Waals surface area contributed by atoms with Crippen molar-refractivity contribution in [3.63, 3.8) is 0 Å². The molecule has 148 valence electrons. The van der Waals surface area contributed by atoms with E-state index in [1.165, 1.54) is 23.1 Å². The lowest BCUT2D eigenvalue weighted by Gasteiger charge is -2.09. The van der Waals surface area contributed by atoms with E-state index in [4.69, 9.17) is 11.6 Å². The maximum atomic E-state index is 12.6. The van der Waals surface area contributed by atoms with E-state index in [2.05, 4.69) is 30.6 Å². The van der Waals surface area contributed by atoms with Crippen LogP contribution in [0.4, 0.5) is 5.13 Å². The SMILES string of the molecule is CSc1nc2nc(C)c(CC(=O)Nc3nnc(-c4ccccc4Cl)s3)c(C)n2n1. The van der Waals surface area contributed by atoms with Crippen LogP contribution >= 0.6 is 34.7 Å². The molecule has 1 amide bonds. The Bertz CT molecular complexity index is 1220. The molecule has 0 aliphatic rings. The summed E-state index contributed by atoms with van der Waals surface area (Å²) in [6, 6.07) is 7.38. The molecule has 3 aromatic heterocycles. The van der Waals surface area contributed by atoms with Crippen LogP contribution in [0.15, 0.2) is 29.4 Å². The molecule has 1 N–H and O–H groups in total. The lowest BCUT2D eigenvalue weighted by Crippen LogP contribution is -2.17. The second-order valence-corrected chi connectivity index (χ2v) is 8.35. The molecule has 0 aliphatic heterocycles. The van der Waals surface area contributed by atoms with Crippen molar-refractivity contribution in [2.75, 3.05) is 11.6 Å². The Morgan fingerprint density at radius 2 is 2.03 bits per heavy atom. The molecule has 11 heteroatoms. The lowest BCUT2D eigenvalue weighted by molar-refractivity contribution is -0.115. The van der Waals surface area contributed by atoms with Crippen molar-refractivity contribution in [1.82, 2.24) is 29.8 Å². The van der Waals surface area contributed by atoms with Gasteiger partial charge >= 0.3 is 0 Å². The van der Waals surface area contributed by atoms with E-state index in [0.717, 1.165) is 22.5 Å². The highest BCUT2D eigenvalue weighted by atomic mass is 35.5. The normalized spacial score (nSPS) is 11.2. The number of aryl methyl sites for hydroxylation is 2. The Morgan fingerprint density at radius 3 is 2.79 bits per heavy atom. The fourth-order valence-corrected chi connectivity index (χ4v) is 4.29. The summed E-state index contributed by atoms with van der Waals surface area (Å²) in [5.74, 6) is 0.325. The zero-order valence-electron chi connectivity index (χ0n) is 15.8. The first kappa shape index (κ1) is 19.7. The number of benzene rings is 1. The van der Waals surface area contributed by atoms with Crippen LogP contribution in [0.5, 0.6) is 0 Å². The van der Waals surface area contributed by atoms with Crippen LogP contribution in [-0.4, -0.2) is 41.9 Å². The summed E-state index contributed by atoms with van der Waals surface area (Å²) in [4.78, 5) is 21.5. The van der Waals surface area contributed by atoms with Gasteiger partial charge in [-0.25, -0.2) is 9.50 Å². The van der Waals surface area contributed by atoms with E-state index < -0.39 is 0 Å². The summed E-state index contributed by atoms with van der Waals surface area (Å²) < 4.78 is 1.67. The van der Waals surface area contributed by atoms with Gasteiger partial charge in [-0.1, -0.05) is 52.9 Å². The van der Waals surface area contributed by atoms with Gasteiger partial charge in [-0.15, -0.1) is 15.3 Å². The first-order chi connectivity index (χ1) is 14.0. The van der Waals surface area contributed by atoms with Gasteiger partial charge in [0.1, 0.15) is 0 Å². The van der Waals surface area contributed by atoms with Crippen molar-refractivity contribution in [2.24, 2.45) is 0 Å². The third-order valence-corrected chi connectivity index (χ3v) is 6.06. The second kappa shape index (κ2) is 8.05. The fourth-order valence-electron chi connectivity index (χ4n) is 2.87. The molecule has 1 aromatic carbocycles. The van der Waals surface area contributed by atoms with Crippen LogP contribution in [0.1, 0.15) is 17.0 Å². The van der Waals surface area contributed by atoms with Crippen LogP contribution in [0, 0.1) is 13.8 Å². The summed E-state index contributed by atoms with van der Waals surface area (Å²) in [5.41, 5.74) is 3.18. The first-order valence-electron chi connectivity index (χ1n) is 8.61. The highest BCUT2D eigenvalue weighted by molar-refractivity contribution is 7.98. The van der Waals surface area contributed by atoms with Crippen LogP contribution in [-0.2, 0) is 11.2 Å². The van der Waals surface area contributed by atoms with E-state index in [1.54, 1.807) is 10.6 Å². The number of halogens is 1. The number of carbonyl (C=O) groups is 1. The largest absolute Gasteiger partial charge is 0.300 e. The molecule has 4 rings (SSSR count). The van der Waals surface area contributed by atoms with Gasteiger partial charge in [0.05, 0.1) is 11.4 Å². The van der Waals surface area contributed by atoms with Gasteiger partial charge in [0, 0.05) is 22.5 Å². The van der Waals surface area contributed by atoms with E-state index >= 15 is 0 Å². The predicted molar refractivity (Wildman–Crippen MR) is 115 cm³/mol. The Morgan fingerprint density at radius 1 is 1.24 bits per heavy atom. The van der Waals surface area contributed by atoms with Crippen molar-refractivity contribution >= 4 is 51.5 Å². The molecule has 0 saturated carbocycles. The monoisotopic (exact) mass is 445 g/mol. The molecule has 0 radical (unpaired) electrons. The maximum absolute atomic E-state index is 12.6. The molecular formula is C18H16ClN7OS2. The summed E-state index contributed by atoms with van der Waals surface area (Å²) >= 11 is 8.92. The van der Waals surface area contributed by atoms with Gasteiger partial charge in [0.25, 0.3) is 5.78 Å². The standard InChI is InChI=1S/C18H16ClN7OS2/c1-9-12(10(2)26-16(20-9)22-18(25-26)28-3)8-14(27)21-17-24-23-15(29-17)11-6-4-5-7-13(11)19/h4-7H,8H2,1-3H3,(H,21,24,27). The molecular weight excluding hydrogens is 430 g/mol. The third-order valence-electron chi connectivity index (χ3n) is 4.33. The average Bonchev–Trinajstić information content (AvgIpc) is 3.32.